The summed E-state index contributed by atoms with van der Waals surface area (Å²) in [4.78, 5) is 15.0. The van der Waals surface area contributed by atoms with Gasteiger partial charge in [-0.25, -0.2) is 0 Å². The van der Waals surface area contributed by atoms with E-state index in [1.165, 1.54) is 18.4 Å². The average molecular weight is 368 g/mol. The fourth-order valence-electron chi connectivity index (χ4n) is 3.86. The quantitative estimate of drug-likeness (QED) is 0.810. The number of piperidine rings is 1. The van der Waals surface area contributed by atoms with Gasteiger partial charge in [-0.2, -0.15) is 0 Å². The smallest absolute Gasteiger partial charge is 0.223 e. The molecule has 0 saturated carbocycles. The Balaban J connectivity index is 0.00000225. The van der Waals surface area contributed by atoms with Gasteiger partial charge in [0.2, 0.25) is 5.91 Å². The Morgan fingerprint density at radius 2 is 1.96 bits per heavy atom. The van der Waals surface area contributed by atoms with Gasteiger partial charge in [0.25, 0.3) is 0 Å². The fourth-order valence-corrected chi connectivity index (χ4v) is 3.86. The molecule has 0 spiro atoms. The van der Waals surface area contributed by atoms with Crippen molar-refractivity contribution in [1.29, 1.82) is 0 Å². The standard InChI is InChI=1S/C19H29N3O2.ClH/c1-24-18-7-3-2-6-16(18)17(22-12-4-5-13-22)14-21-19(23)15-8-10-20-11-9-15;/h2-3,6-7,15,17,20H,4-5,8-14H2,1H3,(H,21,23);1H. The second kappa shape index (κ2) is 10.00. The van der Waals surface area contributed by atoms with Crippen molar-refractivity contribution in [2.24, 2.45) is 5.92 Å². The minimum Gasteiger partial charge on any atom is -0.496 e. The molecule has 2 aliphatic rings. The van der Waals surface area contributed by atoms with E-state index in [0.29, 0.717) is 6.54 Å². The first-order valence-electron chi connectivity index (χ1n) is 9.15. The van der Waals surface area contributed by atoms with Crippen molar-refractivity contribution < 1.29 is 9.53 Å². The molecule has 2 N–H and O–H groups in total. The first-order chi connectivity index (χ1) is 11.8. The SMILES string of the molecule is COc1ccccc1C(CNC(=O)C1CCNCC1)N1CCCC1.Cl. The Bertz CT molecular complexity index is 543. The van der Waals surface area contributed by atoms with Gasteiger partial charge < -0.3 is 15.4 Å². The van der Waals surface area contributed by atoms with Gasteiger partial charge in [0.15, 0.2) is 0 Å². The van der Waals surface area contributed by atoms with E-state index in [4.69, 9.17) is 4.74 Å². The van der Waals surface area contributed by atoms with E-state index >= 15 is 0 Å². The zero-order valence-corrected chi connectivity index (χ0v) is 15.8. The van der Waals surface area contributed by atoms with Gasteiger partial charge in [-0.3, -0.25) is 9.69 Å². The van der Waals surface area contributed by atoms with Crippen LogP contribution in [0.3, 0.4) is 0 Å². The number of carbonyl (C=O) groups is 1. The number of carbonyl (C=O) groups excluding carboxylic acids is 1. The number of nitrogens with zero attached hydrogens (tertiary/aromatic N) is 1. The maximum Gasteiger partial charge on any atom is 0.223 e. The van der Waals surface area contributed by atoms with Crippen LogP contribution < -0.4 is 15.4 Å². The predicted octanol–water partition coefficient (Wildman–Crippen LogP) is 2.37. The maximum absolute atomic E-state index is 12.5. The van der Waals surface area contributed by atoms with Crippen LogP contribution in [0.2, 0.25) is 0 Å². The minimum atomic E-state index is 0. The number of rotatable bonds is 6. The summed E-state index contributed by atoms with van der Waals surface area (Å²) in [7, 11) is 1.72. The molecule has 5 nitrogen and oxygen atoms in total. The van der Waals surface area contributed by atoms with E-state index in [1.54, 1.807) is 7.11 Å². The summed E-state index contributed by atoms with van der Waals surface area (Å²) < 4.78 is 5.56. The molecule has 1 aromatic rings. The number of methoxy groups -OCH3 is 1. The highest BCUT2D eigenvalue weighted by molar-refractivity contribution is 5.85. The molecule has 2 aliphatic heterocycles. The Kier molecular flexibility index (Phi) is 8.00. The van der Waals surface area contributed by atoms with Crippen LogP contribution in [0.5, 0.6) is 5.75 Å². The summed E-state index contributed by atoms with van der Waals surface area (Å²) in [6.45, 7) is 4.72. The zero-order chi connectivity index (χ0) is 16.8. The van der Waals surface area contributed by atoms with Gasteiger partial charge in [-0.1, -0.05) is 18.2 Å². The lowest BCUT2D eigenvalue weighted by Crippen LogP contribution is -2.42. The van der Waals surface area contributed by atoms with Crippen molar-refractivity contribution in [3.63, 3.8) is 0 Å². The Morgan fingerprint density at radius 3 is 2.64 bits per heavy atom. The number of ether oxygens (including phenoxy) is 1. The molecule has 0 radical (unpaired) electrons. The van der Waals surface area contributed by atoms with E-state index in [-0.39, 0.29) is 30.3 Å². The molecule has 1 unspecified atom stereocenters. The van der Waals surface area contributed by atoms with Crippen LogP contribution in [-0.4, -0.2) is 50.6 Å². The lowest BCUT2D eigenvalue weighted by atomic mass is 9.97. The summed E-state index contributed by atoms with van der Waals surface area (Å²) in [5.41, 5.74) is 1.17. The molecule has 1 atom stereocenters. The molecule has 6 heteroatoms. The van der Waals surface area contributed by atoms with Crippen LogP contribution in [0.1, 0.15) is 37.3 Å². The summed E-state index contributed by atoms with van der Waals surface area (Å²) in [5, 5.41) is 6.53. The number of benzene rings is 1. The monoisotopic (exact) mass is 367 g/mol. The fraction of sp³-hybridized carbons (Fsp3) is 0.632. The number of hydrogen-bond acceptors (Lipinski definition) is 4. The topological polar surface area (TPSA) is 53.6 Å². The molecule has 0 aliphatic carbocycles. The van der Waals surface area contributed by atoms with Gasteiger partial charge in [-0.15, -0.1) is 12.4 Å². The molecule has 140 valence electrons. The van der Waals surface area contributed by atoms with Crippen LogP contribution in [-0.2, 0) is 4.79 Å². The van der Waals surface area contributed by atoms with Crippen molar-refractivity contribution in [2.45, 2.75) is 31.7 Å². The normalized spacial score (nSPS) is 19.9. The zero-order valence-electron chi connectivity index (χ0n) is 15.0. The Hall–Kier alpha value is -1.30. The number of amides is 1. The Morgan fingerprint density at radius 1 is 1.28 bits per heavy atom. The second-order valence-electron chi connectivity index (χ2n) is 6.77. The van der Waals surface area contributed by atoms with Gasteiger partial charge >= 0.3 is 0 Å². The van der Waals surface area contributed by atoms with Crippen LogP contribution >= 0.6 is 12.4 Å². The highest BCUT2D eigenvalue weighted by Crippen LogP contribution is 2.31. The number of halogens is 1. The number of para-hydroxylation sites is 1. The second-order valence-corrected chi connectivity index (χ2v) is 6.77. The summed E-state index contributed by atoms with van der Waals surface area (Å²) in [5.74, 6) is 1.27. The first kappa shape index (κ1) is 20.0. The van der Waals surface area contributed by atoms with Crippen molar-refractivity contribution >= 4 is 18.3 Å². The van der Waals surface area contributed by atoms with Crippen molar-refractivity contribution in [3.05, 3.63) is 29.8 Å². The lowest BCUT2D eigenvalue weighted by Gasteiger charge is -2.30. The van der Waals surface area contributed by atoms with Crippen molar-refractivity contribution in [3.8, 4) is 5.75 Å². The molecule has 3 rings (SSSR count). The third kappa shape index (κ3) is 5.09. The summed E-state index contributed by atoms with van der Waals surface area (Å²) in [6, 6.07) is 8.37. The molecule has 2 saturated heterocycles. The summed E-state index contributed by atoms with van der Waals surface area (Å²) >= 11 is 0. The molecule has 0 bridgehead atoms. The van der Waals surface area contributed by atoms with E-state index in [9.17, 15) is 4.79 Å². The van der Waals surface area contributed by atoms with E-state index < -0.39 is 0 Å². The molecule has 25 heavy (non-hydrogen) atoms. The van der Waals surface area contributed by atoms with Crippen LogP contribution in [0.4, 0.5) is 0 Å². The van der Waals surface area contributed by atoms with Gasteiger partial charge in [0.1, 0.15) is 5.75 Å². The molecule has 2 heterocycles. The van der Waals surface area contributed by atoms with Gasteiger partial charge in [0.05, 0.1) is 13.2 Å². The first-order valence-corrected chi connectivity index (χ1v) is 9.15. The highest BCUT2D eigenvalue weighted by atomic mass is 35.5. The van der Waals surface area contributed by atoms with E-state index in [2.05, 4.69) is 27.7 Å². The maximum atomic E-state index is 12.5. The van der Waals surface area contributed by atoms with E-state index in [1.807, 2.05) is 12.1 Å². The van der Waals surface area contributed by atoms with Crippen molar-refractivity contribution in [1.82, 2.24) is 15.5 Å². The molecular formula is C19H30ClN3O2. The number of hydrogen-bond donors (Lipinski definition) is 2. The average Bonchev–Trinajstić information content (AvgIpc) is 3.17. The van der Waals surface area contributed by atoms with Gasteiger partial charge in [-0.05, 0) is 57.9 Å². The van der Waals surface area contributed by atoms with Crippen LogP contribution in [0.15, 0.2) is 24.3 Å². The third-order valence-corrected chi connectivity index (χ3v) is 5.26. The van der Waals surface area contributed by atoms with Crippen molar-refractivity contribution in [2.75, 3.05) is 39.8 Å². The van der Waals surface area contributed by atoms with Gasteiger partial charge in [0, 0.05) is 18.0 Å². The highest BCUT2D eigenvalue weighted by Gasteiger charge is 2.28. The summed E-state index contributed by atoms with van der Waals surface area (Å²) in [6.07, 6.45) is 4.34. The third-order valence-electron chi connectivity index (χ3n) is 5.26. The largest absolute Gasteiger partial charge is 0.496 e. The predicted molar refractivity (Wildman–Crippen MR) is 102 cm³/mol. The van der Waals surface area contributed by atoms with Crippen LogP contribution in [0, 0.1) is 5.92 Å². The number of likely N-dealkylation sites (tertiary alicyclic amines) is 1. The molecule has 0 aromatic heterocycles. The number of nitrogens with one attached hydrogen (secondary N) is 2. The molecule has 2 fully saturated rings. The van der Waals surface area contributed by atoms with E-state index in [0.717, 1.165) is 44.8 Å². The molecular weight excluding hydrogens is 338 g/mol. The van der Waals surface area contributed by atoms with Crippen LogP contribution in [0.25, 0.3) is 0 Å². The minimum absolute atomic E-state index is 0. The Labute approximate surface area is 156 Å². The lowest BCUT2D eigenvalue weighted by molar-refractivity contribution is -0.126. The molecule has 1 amide bonds. The molecule has 1 aromatic carbocycles.